The Morgan fingerprint density at radius 1 is 1.29 bits per heavy atom. The predicted octanol–water partition coefficient (Wildman–Crippen LogP) is 0.896. The van der Waals surface area contributed by atoms with Gasteiger partial charge in [-0.3, -0.25) is 9.36 Å². The van der Waals surface area contributed by atoms with Crippen molar-refractivity contribution in [3.63, 3.8) is 0 Å². The number of fused-ring (bicyclic) bond motifs is 1. The fourth-order valence-corrected chi connectivity index (χ4v) is 2.33. The average Bonchev–Trinajstić information content (AvgIpc) is 2.76. The molecule has 0 unspecified atom stereocenters. The zero-order valence-electron chi connectivity index (χ0n) is 11.9. The number of H-pyrrole nitrogens is 1. The molecule has 0 aliphatic rings. The Kier molecular flexibility index (Phi) is 4.11. The first-order chi connectivity index (χ1) is 9.99. The molecule has 7 nitrogen and oxygen atoms in total. The summed E-state index contributed by atoms with van der Waals surface area (Å²) < 4.78 is 1.27. The van der Waals surface area contributed by atoms with Crippen LogP contribution in [0.3, 0.4) is 0 Å². The number of carboxylic acid groups (broad SMARTS) is 1. The molecule has 0 saturated carbocycles. The van der Waals surface area contributed by atoms with Gasteiger partial charge < -0.3 is 15.0 Å². The third kappa shape index (κ3) is 2.67. The number of amides is 1. The number of nitrogens with zero attached hydrogens (tertiary/aromatic N) is 2. The summed E-state index contributed by atoms with van der Waals surface area (Å²) in [5.74, 6) is -1.30. The second-order valence-corrected chi connectivity index (χ2v) is 4.59. The molecule has 0 aliphatic heterocycles. The first-order valence-electron chi connectivity index (χ1n) is 6.72. The number of nitrogens with one attached hydrogen (secondary N) is 1. The predicted molar refractivity (Wildman–Crippen MR) is 77.4 cm³/mol. The Labute approximate surface area is 120 Å². The van der Waals surface area contributed by atoms with E-state index in [9.17, 15) is 14.4 Å². The molecule has 0 bridgehead atoms. The van der Waals surface area contributed by atoms with Crippen LogP contribution >= 0.6 is 0 Å². The number of para-hydroxylation sites is 1. The Morgan fingerprint density at radius 3 is 2.52 bits per heavy atom. The third-order valence-electron chi connectivity index (χ3n) is 3.45. The summed E-state index contributed by atoms with van der Waals surface area (Å²) in [6.45, 7) is 4.74. The highest BCUT2D eigenvalue weighted by Gasteiger charge is 2.17. The van der Waals surface area contributed by atoms with Gasteiger partial charge in [-0.15, -0.1) is 0 Å². The summed E-state index contributed by atoms with van der Waals surface area (Å²) in [6.07, 6.45) is 0. The minimum absolute atomic E-state index is 0.0126. The number of rotatable bonds is 5. The van der Waals surface area contributed by atoms with Gasteiger partial charge in [-0.1, -0.05) is 6.07 Å². The zero-order chi connectivity index (χ0) is 15.6. The van der Waals surface area contributed by atoms with E-state index in [1.54, 1.807) is 17.0 Å². The zero-order valence-corrected chi connectivity index (χ0v) is 11.9. The lowest BCUT2D eigenvalue weighted by atomic mass is 10.2. The minimum atomic E-state index is -1.12. The molecule has 1 aromatic heterocycles. The van der Waals surface area contributed by atoms with E-state index in [2.05, 4.69) is 4.98 Å². The van der Waals surface area contributed by atoms with Crippen molar-refractivity contribution in [3.8, 4) is 0 Å². The van der Waals surface area contributed by atoms with Crippen LogP contribution in [0.15, 0.2) is 23.0 Å². The highest BCUT2D eigenvalue weighted by Crippen LogP contribution is 2.15. The lowest BCUT2D eigenvalue weighted by Crippen LogP contribution is -2.35. The van der Waals surface area contributed by atoms with Gasteiger partial charge in [-0.05, 0) is 26.0 Å². The molecule has 2 rings (SSSR count). The SMILES string of the molecule is CCN(CC)C(=O)Cn1c(=O)[nH]c2c(C(=O)O)cccc21. The van der Waals surface area contributed by atoms with E-state index in [1.165, 1.54) is 10.6 Å². The van der Waals surface area contributed by atoms with Crippen LogP contribution in [0.5, 0.6) is 0 Å². The molecular formula is C14H17N3O4. The van der Waals surface area contributed by atoms with Gasteiger partial charge in [0.15, 0.2) is 0 Å². The maximum atomic E-state index is 12.1. The molecule has 0 saturated heterocycles. The number of aromatic carboxylic acids is 1. The minimum Gasteiger partial charge on any atom is -0.478 e. The summed E-state index contributed by atoms with van der Waals surface area (Å²) in [5, 5.41) is 9.12. The number of carbonyl (C=O) groups excluding carboxylic acids is 1. The number of benzene rings is 1. The van der Waals surface area contributed by atoms with E-state index in [-0.39, 0.29) is 23.5 Å². The second kappa shape index (κ2) is 5.82. The van der Waals surface area contributed by atoms with Crippen LogP contribution in [0.4, 0.5) is 0 Å². The topological polar surface area (TPSA) is 95.4 Å². The molecule has 1 aromatic carbocycles. The Hall–Kier alpha value is -2.57. The first kappa shape index (κ1) is 14.8. The Balaban J connectivity index is 2.48. The highest BCUT2D eigenvalue weighted by molar-refractivity contribution is 6.01. The van der Waals surface area contributed by atoms with Crippen LogP contribution < -0.4 is 5.69 Å². The van der Waals surface area contributed by atoms with Gasteiger partial charge in [0, 0.05) is 13.1 Å². The molecule has 21 heavy (non-hydrogen) atoms. The lowest BCUT2D eigenvalue weighted by molar-refractivity contribution is -0.131. The third-order valence-corrected chi connectivity index (χ3v) is 3.45. The van der Waals surface area contributed by atoms with Crippen molar-refractivity contribution in [3.05, 3.63) is 34.2 Å². The van der Waals surface area contributed by atoms with Crippen molar-refractivity contribution in [2.75, 3.05) is 13.1 Å². The first-order valence-corrected chi connectivity index (χ1v) is 6.72. The number of carbonyl (C=O) groups is 2. The van der Waals surface area contributed by atoms with Crippen LogP contribution in [0.1, 0.15) is 24.2 Å². The molecule has 0 aliphatic carbocycles. The number of imidazole rings is 1. The maximum Gasteiger partial charge on any atom is 0.337 e. The van der Waals surface area contributed by atoms with Crippen LogP contribution in [0.25, 0.3) is 11.0 Å². The van der Waals surface area contributed by atoms with Crippen molar-refractivity contribution in [2.45, 2.75) is 20.4 Å². The molecule has 2 aromatic rings. The van der Waals surface area contributed by atoms with Gasteiger partial charge in [0.25, 0.3) is 0 Å². The van der Waals surface area contributed by atoms with E-state index in [1.807, 2.05) is 13.8 Å². The van der Waals surface area contributed by atoms with Crippen LogP contribution in [-0.2, 0) is 11.3 Å². The van der Waals surface area contributed by atoms with Crippen molar-refractivity contribution >= 4 is 22.9 Å². The van der Waals surface area contributed by atoms with E-state index in [0.29, 0.717) is 18.6 Å². The van der Waals surface area contributed by atoms with Gasteiger partial charge >= 0.3 is 11.7 Å². The molecular weight excluding hydrogens is 274 g/mol. The normalized spacial score (nSPS) is 10.8. The fraction of sp³-hybridized carbons (Fsp3) is 0.357. The number of aromatic amines is 1. The van der Waals surface area contributed by atoms with E-state index in [4.69, 9.17) is 5.11 Å². The molecule has 0 atom stereocenters. The summed E-state index contributed by atoms with van der Waals surface area (Å²) >= 11 is 0. The van der Waals surface area contributed by atoms with Crippen molar-refractivity contribution in [1.29, 1.82) is 0 Å². The van der Waals surface area contributed by atoms with Gasteiger partial charge in [-0.25, -0.2) is 9.59 Å². The highest BCUT2D eigenvalue weighted by atomic mass is 16.4. The summed E-state index contributed by atoms with van der Waals surface area (Å²) in [6, 6.07) is 4.59. The van der Waals surface area contributed by atoms with E-state index in [0.717, 1.165) is 0 Å². The number of hydrogen-bond donors (Lipinski definition) is 2. The van der Waals surface area contributed by atoms with E-state index >= 15 is 0 Å². The number of likely N-dealkylation sites (N-methyl/N-ethyl adjacent to an activating group) is 1. The number of carboxylic acids is 1. The summed E-state index contributed by atoms with van der Waals surface area (Å²) in [7, 11) is 0. The molecule has 2 N–H and O–H groups in total. The quantitative estimate of drug-likeness (QED) is 0.855. The Bertz CT molecular complexity index is 740. The van der Waals surface area contributed by atoms with Crippen molar-refractivity contribution < 1.29 is 14.7 Å². The monoisotopic (exact) mass is 291 g/mol. The standard InChI is InChI=1S/C14H17N3O4/c1-3-16(4-2)11(18)8-17-10-7-5-6-9(13(19)20)12(10)15-14(17)21/h5-7H,3-4,8H2,1-2H3,(H,15,21)(H,19,20). The van der Waals surface area contributed by atoms with Crippen molar-refractivity contribution in [2.24, 2.45) is 0 Å². The van der Waals surface area contributed by atoms with Gasteiger partial charge in [0.05, 0.1) is 16.6 Å². The molecule has 0 spiro atoms. The lowest BCUT2D eigenvalue weighted by Gasteiger charge is -2.18. The molecule has 1 amide bonds. The van der Waals surface area contributed by atoms with Crippen molar-refractivity contribution in [1.82, 2.24) is 14.5 Å². The van der Waals surface area contributed by atoms with E-state index < -0.39 is 11.7 Å². The smallest absolute Gasteiger partial charge is 0.337 e. The summed E-state index contributed by atoms with van der Waals surface area (Å²) in [4.78, 5) is 39.4. The van der Waals surface area contributed by atoms with Crippen LogP contribution in [0.2, 0.25) is 0 Å². The molecule has 0 fully saturated rings. The average molecular weight is 291 g/mol. The largest absolute Gasteiger partial charge is 0.478 e. The van der Waals surface area contributed by atoms with Gasteiger partial charge in [0.2, 0.25) is 5.91 Å². The molecule has 112 valence electrons. The summed E-state index contributed by atoms with van der Waals surface area (Å²) in [5.41, 5.74) is 0.181. The van der Waals surface area contributed by atoms with Gasteiger partial charge in [-0.2, -0.15) is 0 Å². The van der Waals surface area contributed by atoms with Crippen LogP contribution in [-0.4, -0.2) is 44.5 Å². The number of hydrogen-bond acceptors (Lipinski definition) is 3. The number of aromatic nitrogens is 2. The van der Waals surface area contributed by atoms with Crippen LogP contribution in [0, 0.1) is 0 Å². The Morgan fingerprint density at radius 2 is 1.95 bits per heavy atom. The maximum absolute atomic E-state index is 12.1. The molecule has 1 heterocycles. The molecule has 7 heteroatoms. The molecule has 0 radical (unpaired) electrons. The fourth-order valence-electron chi connectivity index (χ4n) is 2.33. The van der Waals surface area contributed by atoms with Gasteiger partial charge in [0.1, 0.15) is 6.54 Å². The second-order valence-electron chi connectivity index (χ2n) is 4.59.